The molecule has 1 heterocycles. The van der Waals surface area contributed by atoms with Crippen LogP contribution >= 0.6 is 0 Å². The number of hydrogen-bond acceptors (Lipinski definition) is 4. The number of rotatable bonds is 6. The van der Waals surface area contributed by atoms with Gasteiger partial charge in [-0.05, 0) is 78.9 Å². The molecule has 3 aromatic rings. The zero-order valence-corrected chi connectivity index (χ0v) is 19.7. The van der Waals surface area contributed by atoms with Gasteiger partial charge in [-0.25, -0.2) is 4.90 Å². The van der Waals surface area contributed by atoms with E-state index in [0.29, 0.717) is 16.9 Å². The Morgan fingerprint density at radius 1 is 0.824 bits per heavy atom. The zero-order chi connectivity index (χ0) is 24.4. The van der Waals surface area contributed by atoms with Crippen LogP contribution in [0.5, 0.6) is 0 Å². The van der Waals surface area contributed by atoms with Crippen LogP contribution in [0.1, 0.15) is 36.1 Å². The number of nitrogens with one attached hydrogen (secondary N) is 2. The van der Waals surface area contributed by atoms with Crippen molar-refractivity contribution in [3.63, 3.8) is 0 Å². The summed E-state index contributed by atoms with van der Waals surface area (Å²) in [5.74, 6) is -0.983. The number of imide groups is 1. The van der Waals surface area contributed by atoms with E-state index in [-0.39, 0.29) is 17.2 Å². The third-order valence-corrected chi connectivity index (χ3v) is 5.67. The Balaban J connectivity index is 1.78. The van der Waals surface area contributed by atoms with Crippen LogP contribution < -0.4 is 15.5 Å². The standard InChI is InChI=1S/C28H27N3O3/c1-5-20-6-10-23(11-7-20)30-26-25(21-8-12-22(13-9-21)29-19(4)32)27(33)31(28(26)34)24-15-17(2)14-18(3)16-24/h6-16,30H,5H2,1-4H3,(H,29,32). The van der Waals surface area contributed by atoms with E-state index >= 15 is 0 Å². The first kappa shape index (κ1) is 23.0. The van der Waals surface area contributed by atoms with Crippen LogP contribution in [0.3, 0.4) is 0 Å². The first-order valence-corrected chi connectivity index (χ1v) is 11.2. The summed E-state index contributed by atoms with van der Waals surface area (Å²) in [4.78, 5) is 39.8. The summed E-state index contributed by atoms with van der Waals surface area (Å²) in [5, 5.41) is 5.91. The van der Waals surface area contributed by atoms with Gasteiger partial charge in [0.1, 0.15) is 5.70 Å². The van der Waals surface area contributed by atoms with Crippen molar-refractivity contribution in [2.45, 2.75) is 34.1 Å². The molecule has 0 bridgehead atoms. The largest absolute Gasteiger partial charge is 0.350 e. The van der Waals surface area contributed by atoms with Gasteiger partial charge in [0, 0.05) is 18.3 Å². The van der Waals surface area contributed by atoms with Crippen molar-refractivity contribution in [2.75, 3.05) is 15.5 Å². The van der Waals surface area contributed by atoms with Crippen LogP contribution in [0.15, 0.2) is 72.4 Å². The van der Waals surface area contributed by atoms with Crippen molar-refractivity contribution in [1.29, 1.82) is 0 Å². The van der Waals surface area contributed by atoms with Gasteiger partial charge in [-0.3, -0.25) is 14.4 Å². The van der Waals surface area contributed by atoms with E-state index in [1.165, 1.54) is 17.4 Å². The number of carbonyl (C=O) groups excluding carboxylic acids is 3. The summed E-state index contributed by atoms with van der Waals surface area (Å²) < 4.78 is 0. The van der Waals surface area contributed by atoms with Crippen LogP contribution in [0.2, 0.25) is 0 Å². The quantitative estimate of drug-likeness (QED) is 0.502. The molecule has 0 aliphatic carbocycles. The monoisotopic (exact) mass is 453 g/mol. The van der Waals surface area contributed by atoms with Crippen molar-refractivity contribution < 1.29 is 14.4 Å². The van der Waals surface area contributed by atoms with E-state index in [2.05, 4.69) is 17.6 Å². The normalized spacial score (nSPS) is 13.5. The summed E-state index contributed by atoms with van der Waals surface area (Å²) >= 11 is 0. The average Bonchev–Trinajstić information content (AvgIpc) is 3.03. The molecule has 1 aliphatic heterocycles. The average molecular weight is 454 g/mol. The maximum Gasteiger partial charge on any atom is 0.282 e. The van der Waals surface area contributed by atoms with Gasteiger partial charge >= 0.3 is 0 Å². The Bertz CT molecular complexity index is 1290. The minimum absolute atomic E-state index is 0.182. The molecule has 2 N–H and O–H groups in total. The van der Waals surface area contributed by atoms with Crippen LogP contribution in [0.25, 0.3) is 5.57 Å². The Hall–Kier alpha value is -4.19. The molecule has 6 heteroatoms. The molecule has 0 saturated carbocycles. The molecule has 0 fully saturated rings. The summed E-state index contributed by atoms with van der Waals surface area (Å²) in [5.41, 5.74) is 6.09. The number of amides is 3. The molecule has 0 atom stereocenters. The molecular formula is C28H27N3O3. The molecule has 0 radical (unpaired) electrons. The molecule has 34 heavy (non-hydrogen) atoms. The second-order valence-electron chi connectivity index (χ2n) is 8.48. The van der Waals surface area contributed by atoms with Gasteiger partial charge in [0.25, 0.3) is 11.8 Å². The van der Waals surface area contributed by atoms with Gasteiger partial charge in [-0.1, -0.05) is 37.3 Å². The van der Waals surface area contributed by atoms with Crippen molar-refractivity contribution in [3.05, 3.63) is 94.7 Å². The minimum atomic E-state index is -0.407. The number of benzene rings is 3. The second-order valence-corrected chi connectivity index (χ2v) is 8.48. The molecular weight excluding hydrogens is 426 g/mol. The second kappa shape index (κ2) is 9.35. The summed E-state index contributed by atoms with van der Waals surface area (Å²) in [6.45, 7) is 7.38. The third kappa shape index (κ3) is 4.62. The zero-order valence-electron chi connectivity index (χ0n) is 19.7. The lowest BCUT2D eigenvalue weighted by molar-refractivity contribution is -0.120. The predicted octanol–water partition coefficient (Wildman–Crippen LogP) is 5.22. The van der Waals surface area contributed by atoms with Crippen molar-refractivity contribution in [1.82, 2.24) is 0 Å². The highest BCUT2D eigenvalue weighted by Crippen LogP contribution is 2.35. The lowest BCUT2D eigenvalue weighted by Gasteiger charge is -2.17. The van der Waals surface area contributed by atoms with Crippen molar-refractivity contribution in [3.8, 4) is 0 Å². The number of hydrogen-bond donors (Lipinski definition) is 2. The lowest BCUT2D eigenvalue weighted by Crippen LogP contribution is -2.32. The maximum atomic E-state index is 13.6. The van der Waals surface area contributed by atoms with Gasteiger partial charge in [0.05, 0.1) is 11.3 Å². The van der Waals surface area contributed by atoms with E-state index in [4.69, 9.17) is 0 Å². The molecule has 0 unspecified atom stereocenters. The molecule has 1 aliphatic rings. The van der Waals surface area contributed by atoms with Crippen LogP contribution in [-0.2, 0) is 20.8 Å². The number of anilines is 3. The lowest BCUT2D eigenvalue weighted by atomic mass is 10.0. The highest BCUT2D eigenvalue weighted by atomic mass is 16.2. The van der Waals surface area contributed by atoms with Crippen LogP contribution in [0, 0.1) is 13.8 Å². The number of carbonyl (C=O) groups is 3. The Morgan fingerprint density at radius 3 is 1.97 bits per heavy atom. The Kier molecular flexibility index (Phi) is 6.32. The first-order chi connectivity index (χ1) is 16.3. The highest BCUT2D eigenvalue weighted by molar-refractivity contribution is 6.46. The summed E-state index contributed by atoms with van der Waals surface area (Å²) in [6, 6.07) is 20.4. The minimum Gasteiger partial charge on any atom is -0.350 e. The molecule has 172 valence electrons. The fourth-order valence-corrected chi connectivity index (χ4v) is 4.12. The van der Waals surface area contributed by atoms with E-state index in [9.17, 15) is 14.4 Å². The van der Waals surface area contributed by atoms with Crippen LogP contribution in [-0.4, -0.2) is 17.7 Å². The fraction of sp³-hybridized carbons (Fsp3) is 0.179. The number of aryl methyl sites for hydroxylation is 3. The SMILES string of the molecule is CCc1ccc(NC2=C(c3ccc(NC(C)=O)cc3)C(=O)N(c3cc(C)cc(C)c3)C2=O)cc1. The van der Waals surface area contributed by atoms with Gasteiger partial charge in [0.15, 0.2) is 0 Å². The van der Waals surface area contributed by atoms with Gasteiger partial charge in [-0.15, -0.1) is 0 Å². The third-order valence-electron chi connectivity index (χ3n) is 5.67. The highest BCUT2D eigenvalue weighted by Gasteiger charge is 2.40. The molecule has 0 saturated heterocycles. The van der Waals surface area contributed by atoms with Gasteiger partial charge in [0.2, 0.25) is 5.91 Å². The van der Waals surface area contributed by atoms with E-state index in [0.717, 1.165) is 23.2 Å². The van der Waals surface area contributed by atoms with Gasteiger partial charge in [-0.2, -0.15) is 0 Å². The molecule has 0 spiro atoms. The first-order valence-electron chi connectivity index (χ1n) is 11.2. The molecule has 3 amide bonds. The molecule has 6 nitrogen and oxygen atoms in total. The van der Waals surface area contributed by atoms with Crippen LogP contribution in [0.4, 0.5) is 17.1 Å². The molecule has 4 rings (SSSR count). The van der Waals surface area contributed by atoms with E-state index < -0.39 is 11.8 Å². The predicted molar refractivity (Wildman–Crippen MR) is 136 cm³/mol. The topological polar surface area (TPSA) is 78.5 Å². The fourth-order valence-electron chi connectivity index (χ4n) is 4.12. The van der Waals surface area contributed by atoms with Crippen molar-refractivity contribution >= 4 is 40.4 Å². The summed E-state index contributed by atoms with van der Waals surface area (Å²) in [7, 11) is 0. The van der Waals surface area contributed by atoms with Gasteiger partial charge < -0.3 is 10.6 Å². The molecule has 0 aromatic heterocycles. The Morgan fingerprint density at radius 2 is 1.41 bits per heavy atom. The Labute approximate surface area is 199 Å². The maximum absolute atomic E-state index is 13.6. The van der Waals surface area contributed by atoms with E-state index in [1.807, 2.05) is 56.3 Å². The smallest absolute Gasteiger partial charge is 0.282 e. The van der Waals surface area contributed by atoms with Crippen molar-refractivity contribution in [2.24, 2.45) is 0 Å². The molecule has 3 aromatic carbocycles. The van der Waals surface area contributed by atoms with E-state index in [1.54, 1.807) is 24.3 Å². The summed E-state index contributed by atoms with van der Waals surface area (Å²) in [6.07, 6.45) is 0.910. The number of nitrogens with zero attached hydrogens (tertiary/aromatic N) is 1.